The average Bonchev–Trinajstić information content (AvgIpc) is 2.81. The van der Waals surface area contributed by atoms with Crippen molar-refractivity contribution in [3.63, 3.8) is 0 Å². The van der Waals surface area contributed by atoms with Crippen molar-refractivity contribution < 1.29 is 9.53 Å². The minimum atomic E-state index is -0.0898. The Kier molecular flexibility index (Phi) is 6.02. The number of nitrogens with zero attached hydrogens (tertiary/aromatic N) is 1. The molecule has 1 unspecified atom stereocenters. The van der Waals surface area contributed by atoms with Crippen LogP contribution in [0.5, 0.6) is 0 Å². The first kappa shape index (κ1) is 15.0. The van der Waals surface area contributed by atoms with E-state index in [0.717, 1.165) is 25.9 Å². The second-order valence-corrected chi connectivity index (χ2v) is 5.17. The summed E-state index contributed by atoms with van der Waals surface area (Å²) in [5.41, 5.74) is 1.19. The first-order valence-corrected chi connectivity index (χ1v) is 7.45. The summed E-state index contributed by atoms with van der Waals surface area (Å²) in [5, 5.41) is 3.28. The van der Waals surface area contributed by atoms with E-state index < -0.39 is 0 Å². The van der Waals surface area contributed by atoms with Crippen LogP contribution in [0.15, 0.2) is 30.3 Å². The zero-order chi connectivity index (χ0) is 14.2. The summed E-state index contributed by atoms with van der Waals surface area (Å²) in [6.07, 6.45) is 2.99. The van der Waals surface area contributed by atoms with Crippen molar-refractivity contribution in [2.24, 2.45) is 0 Å². The van der Waals surface area contributed by atoms with Gasteiger partial charge in [-0.05, 0) is 18.4 Å². The highest BCUT2D eigenvalue weighted by atomic mass is 16.5. The molecule has 0 spiro atoms. The molecular weight excluding hydrogens is 252 g/mol. The molecule has 1 amide bonds. The zero-order valence-electron chi connectivity index (χ0n) is 12.2. The number of ether oxygens (including phenoxy) is 1. The van der Waals surface area contributed by atoms with Gasteiger partial charge in [-0.25, -0.2) is 0 Å². The van der Waals surface area contributed by atoms with Crippen molar-refractivity contribution in [1.29, 1.82) is 0 Å². The van der Waals surface area contributed by atoms with E-state index in [0.29, 0.717) is 19.8 Å². The monoisotopic (exact) mass is 276 g/mol. The van der Waals surface area contributed by atoms with E-state index in [4.69, 9.17) is 4.74 Å². The molecule has 20 heavy (non-hydrogen) atoms. The lowest BCUT2D eigenvalue weighted by atomic mass is 10.1. The standard InChI is InChI=1S/C16H24N2O2/c1-2-3-10-20-11-9-18-13-17-15(16(18)19)12-14-7-5-4-6-8-14/h4-8,15,17H,2-3,9-13H2,1H3. The molecule has 0 radical (unpaired) electrons. The van der Waals surface area contributed by atoms with Gasteiger partial charge in [0, 0.05) is 13.2 Å². The smallest absolute Gasteiger partial charge is 0.241 e. The Balaban J connectivity index is 1.72. The Hall–Kier alpha value is -1.39. The third-order valence-electron chi connectivity index (χ3n) is 3.57. The highest BCUT2D eigenvalue weighted by Crippen LogP contribution is 2.10. The molecular formula is C16H24N2O2. The van der Waals surface area contributed by atoms with Gasteiger partial charge in [-0.2, -0.15) is 0 Å². The Morgan fingerprint density at radius 1 is 1.30 bits per heavy atom. The van der Waals surface area contributed by atoms with Crippen LogP contribution >= 0.6 is 0 Å². The summed E-state index contributed by atoms with van der Waals surface area (Å²) in [5.74, 6) is 0.188. The summed E-state index contributed by atoms with van der Waals surface area (Å²) in [6, 6.07) is 10.0. The number of hydrogen-bond donors (Lipinski definition) is 1. The predicted molar refractivity (Wildman–Crippen MR) is 79.4 cm³/mol. The molecule has 1 aliphatic rings. The summed E-state index contributed by atoms with van der Waals surface area (Å²) >= 11 is 0. The van der Waals surface area contributed by atoms with Crippen LogP contribution in [0.25, 0.3) is 0 Å². The maximum atomic E-state index is 12.2. The molecule has 4 nitrogen and oxygen atoms in total. The summed E-state index contributed by atoms with van der Waals surface area (Å²) in [7, 11) is 0. The van der Waals surface area contributed by atoms with E-state index in [1.54, 1.807) is 0 Å². The van der Waals surface area contributed by atoms with Crippen LogP contribution in [-0.2, 0) is 16.0 Å². The number of hydrogen-bond acceptors (Lipinski definition) is 3. The van der Waals surface area contributed by atoms with E-state index >= 15 is 0 Å². The summed E-state index contributed by atoms with van der Waals surface area (Å²) in [4.78, 5) is 14.1. The molecule has 1 aromatic rings. The van der Waals surface area contributed by atoms with Gasteiger partial charge in [0.1, 0.15) is 0 Å². The number of rotatable bonds is 8. The number of nitrogens with one attached hydrogen (secondary N) is 1. The van der Waals surface area contributed by atoms with E-state index in [9.17, 15) is 4.79 Å². The van der Waals surface area contributed by atoms with Crippen LogP contribution in [0, 0.1) is 0 Å². The molecule has 1 aliphatic heterocycles. The molecule has 1 fully saturated rings. The minimum Gasteiger partial charge on any atom is -0.380 e. The third-order valence-corrected chi connectivity index (χ3v) is 3.57. The Morgan fingerprint density at radius 3 is 2.85 bits per heavy atom. The molecule has 0 aliphatic carbocycles. The quantitative estimate of drug-likeness (QED) is 0.736. The molecule has 1 aromatic carbocycles. The molecule has 0 saturated carbocycles. The van der Waals surface area contributed by atoms with Gasteiger partial charge in [0.2, 0.25) is 5.91 Å². The Bertz CT molecular complexity index is 408. The van der Waals surface area contributed by atoms with Gasteiger partial charge in [-0.15, -0.1) is 0 Å². The van der Waals surface area contributed by atoms with Gasteiger partial charge in [0.05, 0.1) is 19.3 Å². The van der Waals surface area contributed by atoms with Gasteiger partial charge in [-0.1, -0.05) is 43.7 Å². The van der Waals surface area contributed by atoms with E-state index in [1.807, 2.05) is 23.1 Å². The number of amides is 1. The van der Waals surface area contributed by atoms with E-state index in [-0.39, 0.29) is 11.9 Å². The molecule has 110 valence electrons. The third kappa shape index (κ3) is 4.32. The highest BCUT2D eigenvalue weighted by Gasteiger charge is 2.30. The SMILES string of the molecule is CCCCOCCN1CNC(Cc2ccccc2)C1=O. The molecule has 0 aromatic heterocycles. The van der Waals surface area contributed by atoms with Gasteiger partial charge in [0.25, 0.3) is 0 Å². The largest absolute Gasteiger partial charge is 0.380 e. The predicted octanol–water partition coefficient (Wildman–Crippen LogP) is 1.80. The fourth-order valence-electron chi connectivity index (χ4n) is 2.33. The Labute approximate surface area is 121 Å². The van der Waals surface area contributed by atoms with Crippen molar-refractivity contribution in [2.75, 3.05) is 26.4 Å². The van der Waals surface area contributed by atoms with Crippen LogP contribution in [0.1, 0.15) is 25.3 Å². The molecule has 1 N–H and O–H groups in total. The fourth-order valence-corrected chi connectivity index (χ4v) is 2.33. The van der Waals surface area contributed by atoms with Gasteiger partial charge >= 0.3 is 0 Å². The first-order valence-electron chi connectivity index (χ1n) is 7.45. The number of benzene rings is 1. The second kappa shape index (κ2) is 8.02. The fraction of sp³-hybridized carbons (Fsp3) is 0.562. The molecule has 1 heterocycles. The maximum absolute atomic E-state index is 12.2. The Morgan fingerprint density at radius 2 is 2.10 bits per heavy atom. The van der Waals surface area contributed by atoms with Crippen LogP contribution in [0.4, 0.5) is 0 Å². The van der Waals surface area contributed by atoms with Crippen LogP contribution < -0.4 is 5.32 Å². The van der Waals surface area contributed by atoms with Crippen molar-refractivity contribution in [3.05, 3.63) is 35.9 Å². The minimum absolute atomic E-state index is 0.0898. The van der Waals surface area contributed by atoms with Gasteiger partial charge in [-0.3, -0.25) is 10.1 Å². The van der Waals surface area contributed by atoms with Crippen molar-refractivity contribution in [2.45, 2.75) is 32.2 Å². The van der Waals surface area contributed by atoms with Crippen molar-refractivity contribution >= 4 is 5.91 Å². The lowest BCUT2D eigenvalue weighted by molar-refractivity contribution is -0.129. The molecule has 4 heteroatoms. The highest BCUT2D eigenvalue weighted by molar-refractivity contribution is 5.84. The lowest BCUT2D eigenvalue weighted by Gasteiger charge is -2.15. The van der Waals surface area contributed by atoms with Crippen LogP contribution in [-0.4, -0.2) is 43.3 Å². The topological polar surface area (TPSA) is 41.6 Å². The molecule has 1 atom stereocenters. The normalized spacial score (nSPS) is 18.8. The summed E-state index contributed by atoms with van der Waals surface area (Å²) < 4.78 is 5.52. The average molecular weight is 276 g/mol. The van der Waals surface area contributed by atoms with Gasteiger partial charge in [0.15, 0.2) is 0 Å². The van der Waals surface area contributed by atoms with Crippen LogP contribution in [0.3, 0.4) is 0 Å². The number of carbonyl (C=O) groups excluding carboxylic acids is 1. The van der Waals surface area contributed by atoms with Crippen LogP contribution in [0.2, 0.25) is 0 Å². The molecule has 0 bridgehead atoms. The van der Waals surface area contributed by atoms with Crippen molar-refractivity contribution in [3.8, 4) is 0 Å². The number of unbranched alkanes of at least 4 members (excludes halogenated alkanes) is 1. The maximum Gasteiger partial charge on any atom is 0.241 e. The zero-order valence-corrected chi connectivity index (χ0v) is 12.2. The summed E-state index contributed by atoms with van der Waals surface area (Å²) in [6.45, 7) is 4.88. The second-order valence-electron chi connectivity index (χ2n) is 5.17. The molecule has 2 rings (SSSR count). The van der Waals surface area contributed by atoms with Crippen molar-refractivity contribution in [1.82, 2.24) is 10.2 Å². The lowest BCUT2D eigenvalue weighted by Crippen LogP contribution is -2.34. The molecule has 1 saturated heterocycles. The van der Waals surface area contributed by atoms with E-state index in [2.05, 4.69) is 24.4 Å². The van der Waals surface area contributed by atoms with Gasteiger partial charge < -0.3 is 9.64 Å². The number of carbonyl (C=O) groups is 1. The van der Waals surface area contributed by atoms with E-state index in [1.165, 1.54) is 5.56 Å². The first-order chi connectivity index (χ1) is 9.81.